The maximum absolute atomic E-state index is 3.72. The summed E-state index contributed by atoms with van der Waals surface area (Å²) in [6.45, 7) is 13.4. The van der Waals surface area contributed by atoms with E-state index in [0.29, 0.717) is 6.04 Å². The summed E-state index contributed by atoms with van der Waals surface area (Å²) in [5.74, 6) is 0. The summed E-state index contributed by atoms with van der Waals surface area (Å²) >= 11 is 3.72. The van der Waals surface area contributed by atoms with E-state index in [4.69, 9.17) is 0 Å². The molecule has 0 aromatic heterocycles. The molecular formula is C17H28BrN3. The second-order valence-corrected chi connectivity index (χ2v) is 6.99. The molecule has 1 aliphatic rings. The van der Waals surface area contributed by atoms with Gasteiger partial charge in [0.2, 0.25) is 0 Å². The fourth-order valence-corrected chi connectivity index (χ4v) is 3.24. The molecule has 0 atom stereocenters. The standard InChI is InChI=1S/C17H28BrN3/c1-4-7-20-8-10-21(11-9-20)16-6-5-15(17(18)12-16)13-19-14(2)3/h5-6,12,14,19H,4,7-11,13H2,1-3H3. The van der Waals surface area contributed by atoms with Crippen LogP contribution in [-0.2, 0) is 6.54 Å². The van der Waals surface area contributed by atoms with Gasteiger partial charge in [0.05, 0.1) is 0 Å². The average molecular weight is 354 g/mol. The summed E-state index contributed by atoms with van der Waals surface area (Å²) in [5, 5.41) is 3.47. The number of hydrogen-bond donors (Lipinski definition) is 1. The molecule has 1 heterocycles. The van der Waals surface area contributed by atoms with Crippen LogP contribution in [0.25, 0.3) is 0 Å². The van der Waals surface area contributed by atoms with Crippen molar-refractivity contribution < 1.29 is 0 Å². The van der Waals surface area contributed by atoms with Gasteiger partial charge in [-0.15, -0.1) is 0 Å². The lowest BCUT2D eigenvalue weighted by Crippen LogP contribution is -2.46. The Hall–Kier alpha value is -0.580. The van der Waals surface area contributed by atoms with Crippen molar-refractivity contribution in [2.24, 2.45) is 0 Å². The van der Waals surface area contributed by atoms with Crippen LogP contribution < -0.4 is 10.2 Å². The number of nitrogens with zero attached hydrogens (tertiary/aromatic N) is 2. The molecule has 3 nitrogen and oxygen atoms in total. The van der Waals surface area contributed by atoms with Gasteiger partial charge < -0.3 is 10.2 Å². The lowest BCUT2D eigenvalue weighted by atomic mass is 10.1. The topological polar surface area (TPSA) is 18.5 Å². The average Bonchev–Trinajstić information content (AvgIpc) is 2.47. The lowest BCUT2D eigenvalue weighted by Gasteiger charge is -2.36. The van der Waals surface area contributed by atoms with Gasteiger partial charge in [-0.2, -0.15) is 0 Å². The number of piperazine rings is 1. The minimum atomic E-state index is 0.517. The summed E-state index contributed by atoms with van der Waals surface area (Å²) in [4.78, 5) is 5.06. The molecule has 4 heteroatoms. The maximum atomic E-state index is 3.72. The summed E-state index contributed by atoms with van der Waals surface area (Å²) in [5.41, 5.74) is 2.67. The normalized spacial score (nSPS) is 16.7. The van der Waals surface area contributed by atoms with Crippen molar-refractivity contribution in [3.05, 3.63) is 28.2 Å². The van der Waals surface area contributed by atoms with E-state index in [0.717, 1.165) is 19.6 Å². The SMILES string of the molecule is CCCN1CCN(c2ccc(CNC(C)C)c(Br)c2)CC1. The van der Waals surface area contributed by atoms with Crippen molar-refractivity contribution >= 4 is 21.6 Å². The molecule has 0 saturated carbocycles. The van der Waals surface area contributed by atoms with Gasteiger partial charge in [-0.3, -0.25) is 4.90 Å². The van der Waals surface area contributed by atoms with E-state index < -0.39 is 0 Å². The van der Waals surface area contributed by atoms with Crippen molar-refractivity contribution in [1.82, 2.24) is 10.2 Å². The molecule has 1 aromatic rings. The Labute approximate surface area is 137 Å². The summed E-state index contributed by atoms with van der Waals surface area (Å²) in [6.07, 6.45) is 1.25. The molecule has 0 unspecified atom stereocenters. The monoisotopic (exact) mass is 353 g/mol. The van der Waals surface area contributed by atoms with Gasteiger partial charge in [-0.05, 0) is 30.7 Å². The van der Waals surface area contributed by atoms with Crippen LogP contribution in [-0.4, -0.2) is 43.7 Å². The van der Waals surface area contributed by atoms with Crippen LogP contribution in [0.4, 0.5) is 5.69 Å². The minimum absolute atomic E-state index is 0.517. The molecule has 1 fully saturated rings. The van der Waals surface area contributed by atoms with Crippen LogP contribution in [0.15, 0.2) is 22.7 Å². The van der Waals surface area contributed by atoms with Crippen LogP contribution in [0.2, 0.25) is 0 Å². The summed E-state index contributed by atoms with van der Waals surface area (Å²) in [7, 11) is 0. The van der Waals surface area contributed by atoms with Gasteiger partial charge >= 0.3 is 0 Å². The summed E-state index contributed by atoms with van der Waals surface area (Å²) < 4.78 is 1.21. The highest BCUT2D eigenvalue weighted by Crippen LogP contribution is 2.25. The molecule has 0 radical (unpaired) electrons. The first-order valence-corrected chi connectivity index (χ1v) is 8.88. The van der Waals surface area contributed by atoms with Crippen LogP contribution in [0, 0.1) is 0 Å². The number of anilines is 1. The van der Waals surface area contributed by atoms with Crippen molar-refractivity contribution in [2.75, 3.05) is 37.6 Å². The van der Waals surface area contributed by atoms with Crippen LogP contribution in [0.5, 0.6) is 0 Å². The highest BCUT2D eigenvalue weighted by molar-refractivity contribution is 9.10. The predicted octanol–water partition coefficient (Wildman–Crippen LogP) is 3.48. The van der Waals surface area contributed by atoms with E-state index in [-0.39, 0.29) is 0 Å². The second-order valence-electron chi connectivity index (χ2n) is 6.14. The molecule has 0 spiro atoms. The van der Waals surface area contributed by atoms with Crippen molar-refractivity contribution in [2.45, 2.75) is 39.8 Å². The molecular weight excluding hydrogens is 326 g/mol. The van der Waals surface area contributed by atoms with Crippen molar-refractivity contribution in [3.63, 3.8) is 0 Å². The largest absolute Gasteiger partial charge is 0.369 e. The van der Waals surface area contributed by atoms with E-state index in [1.807, 2.05) is 0 Å². The maximum Gasteiger partial charge on any atom is 0.0378 e. The van der Waals surface area contributed by atoms with Gasteiger partial charge in [0, 0.05) is 48.9 Å². The van der Waals surface area contributed by atoms with Gasteiger partial charge in [-0.1, -0.05) is 42.8 Å². The van der Waals surface area contributed by atoms with E-state index in [2.05, 4.69) is 70.0 Å². The fraction of sp³-hybridized carbons (Fsp3) is 0.647. The van der Waals surface area contributed by atoms with Gasteiger partial charge in [-0.25, -0.2) is 0 Å². The molecule has 0 amide bonds. The zero-order chi connectivity index (χ0) is 15.2. The molecule has 1 saturated heterocycles. The number of benzene rings is 1. The Balaban J connectivity index is 1.94. The van der Waals surface area contributed by atoms with E-state index >= 15 is 0 Å². The Morgan fingerprint density at radius 1 is 1.19 bits per heavy atom. The lowest BCUT2D eigenvalue weighted by molar-refractivity contribution is 0.258. The van der Waals surface area contributed by atoms with Crippen LogP contribution in [0.1, 0.15) is 32.8 Å². The fourth-order valence-electron chi connectivity index (χ4n) is 2.74. The van der Waals surface area contributed by atoms with Gasteiger partial charge in [0.1, 0.15) is 0 Å². The zero-order valence-corrected chi connectivity index (χ0v) is 15.1. The quantitative estimate of drug-likeness (QED) is 0.844. The molecule has 1 aromatic carbocycles. The molecule has 21 heavy (non-hydrogen) atoms. The third kappa shape index (κ3) is 4.97. The third-order valence-electron chi connectivity index (χ3n) is 4.01. The third-order valence-corrected chi connectivity index (χ3v) is 4.75. The smallest absolute Gasteiger partial charge is 0.0378 e. The Bertz CT molecular complexity index is 440. The predicted molar refractivity (Wildman–Crippen MR) is 95.1 cm³/mol. The molecule has 0 bridgehead atoms. The van der Waals surface area contributed by atoms with E-state index in [1.165, 1.54) is 41.8 Å². The van der Waals surface area contributed by atoms with Crippen molar-refractivity contribution in [1.29, 1.82) is 0 Å². The minimum Gasteiger partial charge on any atom is -0.369 e. The number of hydrogen-bond acceptors (Lipinski definition) is 3. The molecule has 2 rings (SSSR count). The molecule has 118 valence electrons. The van der Waals surface area contributed by atoms with Crippen LogP contribution in [0.3, 0.4) is 0 Å². The van der Waals surface area contributed by atoms with Crippen LogP contribution >= 0.6 is 15.9 Å². The first kappa shape index (κ1) is 16.8. The number of nitrogens with one attached hydrogen (secondary N) is 1. The van der Waals surface area contributed by atoms with Gasteiger partial charge in [0.15, 0.2) is 0 Å². The first-order chi connectivity index (χ1) is 10.1. The molecule has 0 aliphatic carbocycles. The Morgan fingerprint density at radius 2 is 1.90 bits per heavy atom. The van der Waals surface area contributed by atoms with Gasteiger partial charge in [0.25, 0.3) is 0 Å². The summed E-state index contributed by atoms with van der Waals surface area (Å²) in [6, 6.07) is 7.29. The van der Waals surface area contributed by atoms with E-state index in [1.54, 1.807) is 0 Å². The van der Waals surface area contributed by atoms with E-state index in [9.17, 15) is 0 Å². The molecule has 1 aliphatic heterocycles. The number of rotatable bonds is 6. The Morgan fingerprint density at radius 3 is 2.48 bits per heavy atom. The highest BCUT2D eigenvalue weighted by Gasteiger charge is 2.17. The highest BCUT2D eigenvalue weighted by atomic mass is 79.9. The zero-order valence-electron chi connectivity index (χ0n) is 13.5. The second kappa shape index (κ2) is 8.16. The number of halogens is 1. The molecule has 1 N–H and O–H groups in total. The Kier molecular flexibility index (Phi) is 6.52. The van der Waals surface area contributed by atoms with Crippen molar-refractivity contribution in [3.8, 4) is 0 Å². The first-order valence-electron chi connectivity index (χ1n) is 8.09.